The number of hydrogen-bond acceptors (Lipinski definition) is 6. The number of aromatic nitrogens is 6. The summed E-state index contributed by atoms with van der Waals surface area (Å²) < 4.78 is 7.06. The molecule has 3 aromatic heterocycles. The number of carbonyl (C=O) groups is 1. The lowest BCUT2D eigenvalue weighted by Gasteiger charge is -1.99. The lowest BCUT2D eigenvalue weighted by Crippen LogP contribution is -2.23. The summed E-state index contributed by atoms with van der Waals surface area (Å²) in [6, 6.07) is 13.1. The van der Waals surface area contributed by atoms with Crippen LogP contribution in [0.5, 0.6) is 0 Å². The number of amides is 1. The fraction of sp³-hybridized carbons (Fsp3) is 0.118. The average molecular weight is 349 g/mol. The normalized spacial score (nSPS) is 10.8. The largest absolute Gasteiger partial charge is 0.348 e. The highest BCUT2D eigenvalue weighted by Crippen LogP contribution is 2.15. The zero-order valence-electron chi connectivity index (χ0n) is 13.9. The molecule has 1 amide bonds. The van der Waals surface area contributed by atoms with E-state index in [1.54, 1.807) is 0 Å². The summed E-state index contributed by atoms with van der Waals surface area (Å²) >= 11 is 0. The Bertz CT molecular complexity index is 1030. The lowest BCUT2D eigenvalue weighted by atomic mass is 10.3. The van der Waals surface area contributed by atoms with Gasteiger partial charge in [-0.15, -0.1) is 5.10 Å². The van der Waals surface area contributed by atoms with Gasteiger partial charge in [0.25, 0.3) is 5.91 Å². The minimum atomic E-state index is -0.370. The van der Waals surface area contributed by atoms with Crippen LogP contribution in [0.25, 0.3) is 17.2 Å². The topological polar surface area (TPSA) is 104 Å². The highest BCUT2D eigenvalue weighted by molar-refractivity contribution is 5.91. The molecule has 0 aliphatic carbocycles. The molecule has 0 aliphatic heterocycles. The van der Waals surface area contributed by atoms with Crippen LogP contribution in [0.15, 0.2) is 59.4 Å². The van der Waals surface area contributed by atoms with Crippen molar-refractivity contribution in [3.8, 4) is 17.2 Å². The van der Waals surface area contributed by atoms with Crippen molar-refractivity contribution in [1.82, 2.24) is 35.0 Å². The number of carbonyl (C=O) groups excluding carboxylic acids is 1. The van der Waals surface area contributed by atoms with Gasteiger partial charge in [-0.3, -0.25) is 4.79 Å². The third kappa shape index (κ3) is 3.09. The Balaban J connectivity index is 1.41. The van der Waals surface area contributed by atoms with Gasteiger partial charge in [-0.2, -0.15) is 14.9 Å². The van der Waals surface area contributed by atoms with Crippen LogP contribution in [0.4, 0.5) is 0 Å². The second kappa shape index (κ2) is 6.63. The molecule has 0 aliphatic rings. The van der Waals surface area contributed by atoms with Crippen molar-refractivity contribution >= 4 is 5.91 Å². The number of rotatable bonds is 5. The number of nitrogens with zero attached hydrogens (tertiary/aromatic N) is 6. The standard InChI is InChI=1S/C17H15N7O2/c1-23-9-5-8-14(23)16-20-15(26-22-16)11-18-17(25)13-10-19-24(21-13)12-6-3-2-4-7-12/h2-10H,11H2,1H3,(H,18,25). The van der Waals surface area contributed by atoms with E-state index >= 15 is 0 Å². The Morgan fingerprint density at radius 1 is 1.19 bits per heavy atom. The number of para-hydroxylation sites is 1. The molecule has 1 N–H and O–H groups in total. The van der Waals surface area contributed by atoms with E-state index in [0.29, 0.717) is 11.7 Å². The Labute approximate surface area is 148 Å². The summed E-state index contributed by atoms with van der Waals surface area (Å²) in [6.45, 7) is 0.106. The van der Waals surface area contributed by atoms with Crippen LogP contribution in [0.1, 0.15) is 16.4 Å². The van der Waals surface area contributed by atoms with Crippen molar-refractivity contribution in [1.29, 1.82) is 0 Å². The summed E-state index contributed by atoms with van der Waals surface area (Å²) in [4.78, 5) is 17.9. The number of aryl methyl sites for hydroxylation is 1. The van der Waals surface area contributed by atoms with Crippen molar-refractivity contribution in [2.75, 3.05) is 0 Å². The molecule has 4 rings (SSSR count). The molecule has 0 saturated heterocycles. The van der Waals surface area contributed by atoms with Crippen LogP contribution >= 0.6 is 0 Å². The Morgan fingerprint density at radius 2 is 2.04 bits per heavy atom. The van der Waals surface area contributed by atoms with Gasteiger partial charge in [-0.25, -0.2) is 0 Å². The lowest BCUT2D eigenvalue weighted by molar-refractivity contribution is 0.0941. The van der Waals surface area contributed by atoms with E-state index in [9.17, 15) is 4.79 Å². The molecule has 0 spiro atoms. The van der Waals surface area contributed by atoms with E-state index in [4.69, 9.17) is 4.52 Å². The first-order chi connectivity index (χ1) is 12.7. The van der Waals surface area contributed by atoms with E-state index in [1.807, 2.05) is 60.3 Å². The predicted octanol–water partition coefficient (Wildman–Crippen LogP) is 1.59. The Kier molecular flexibility index (Phi) is 4.02. The Hall–Kier alpha value is -3.75. The molecule has 0 unspecified atom stereocenters. The monoisotopic (exact) mass is 349 g/mol. The second-order valence-corrected chi connectivity index (χ2v) is 5.55. The van der Waals surface area contributed by atoms with Crippen molar-refractivity contribution in [2.45, 2.75) is 6.54 Å². The smallest absolute Gasteiger partial charge is 0.273 e. The Morgan fingerprint density at radius 3 is 2.81 bits per heavy atom. The van der Waals surface area contributed by atoms with Crippen LogP contribution < -0.4 is 5.32 Å². The fourth-order valence-electron chi connectivity index (χ4n) is 2.42. The molecule has 130 valence electrons. The first-order valence-electron chi connectivity index (χ1n) is 7.91. The summed E-state index contributed by atoms with van der Waals surface area (Å²) in [5.74, 6) is 0.410. The predicted molar refractivity (Wildman–Crippen MR) is 91.2 cm³/mol. The van der Waals surface area contributed by atoms with Crippen molar-refractivity contribution in [3.63, 3.8) is 0 Å². The molecule has 9 nitrogen and oxygen atoms in total. The maximum atomic E-state index is 12.2. The quantitative estimate of drug-likeness (QED) is 0.587. The SMILES string of the molecule is Cn1cccc1-c1noc(CNC(=O)c2cnn(-c3ccccc3)n2)n1. The van der Waals surface area contributed by atoms with Gasteiger partial charge >= 0.3 is 0 Å². The summed E-state index contributed by atoms with van der Waals surface area (Å²) in [5.41, 5.74) is 1.81. The summed E-state index contributed by atoms with van der Waals surface area (Å²) in [5, 5.41) is 14.9. The van der Waals surface area contributed by atoms with Crippen molar-refractivity contribution in [3.05, 3.63) is 66.4 Å². The fourth-order valence-corrected chi connectivity index (χ4v) is 2.42. The summed E-state index contributed by atoms with van der Waals surface area (Å²) in [6.07, 6.45) is 3.30. The molecule has 4 aromatic rings. The first-order valence-corrected chi connectivity index (χ1v) is 7.91. The second-order valence-electron chi connectivity index (χ2n) is 5.55. The zero-order valence-corrected chi connectivity index (χ0v) is 13.9. The minimum Gasteiger partial charge on any atom is -0.348 e. The van der Waals surface area contributed by atoms with Gasteiger partial charge in [0.15, 0.2) is 5.69 Å². The van der Waals surface area contributed by atoms with Gasteiger partial charge in [0.2, 0.25) is 11.7 Å². The number of nitrogens with one attached hydrogen (secondary N) is 1. The molecule has 3 heterocycles. The van der Waals surface area contributed by atoms with Gasteiger partial charge in [0.1, 0.15) is 0 Å². The molecule has 0 saturated carbocycles. The van der Waals surface area contributed by atoms with Crippen LogP contribution in [0.3, 0.4) is 0 Å². The number of benzene rings is 1. The molecule has 26 heavy (non-hydrogen) atoms. The maximum absolute atomic E-state index is 12.2. The summed E-state index contributed by atoms with van der Waals surface area (Å²) in [7, 11) is 1.89. The molecule has 0 bridgehead atoms. The van der Waals surface area contributed by atoms with Gasteiger partial charge < -0.3 is 14.4 Å². The molecule has 1 aromatic carbocycles. The highest BCUT2D eigenvalue weighted by Gasteiger charge is 2.14. The van der Waals surface area contributed by atoms with Gasteiger partial charge in [-0.05, 0) is 24.3 Å². The van der Waals surface area contributed by atoms with Crippen LogP contribution in [0, 0.1) is 0 Å². The highest BCUT2D eigenvalue weighted by atomic mass is 16.5. The molecule has 9 heteroatoms. The molecular weight excluding hydrogens is 334 g/mol. The molecule has 0 atom stereocenters. The zero-order chi connectivity index (χ0) is 17.9. The van der Waals surface area contributed by atoms with E-state index in [0.717, 1.165) is 11.4 Å². The van der Waals surface area contributed by atoms with Crippen molar-refractivity contribution in [2.24, 2.45) is 7.05 Å². The van der Waals surface area contributed by atoms with E-state index < -0.39 is 0 Å². The number of hydrogen-bond donors (Lipinski definition) is 1. The van der Waals surface area contributed by atoms with Crippen molar-refractivity contribution < 1.29 is 9.32 Å². The van der Waals surface area contributed by atoms with E-state index in [2.05, 4.69) is 25.7 Å². The first kappa shape index (κ1) is 15.8. The average Bonchev–Trinajstić information content (AvgIpc) is 3.41. The minimum absolute atomic E-state index is 0.106. The molecular formula is C17H15N7O2. The van der Waals surface area contributed by atoms with Crippen LogP contribution in [-0.2, 0) is 13.6 Å². The molecule has 0 radical (unpaired) electrons. The van der Waals surface area contributed by atoms with Gasteiger partial charge in [0.05, 0.1) is 24.1 Å². The van der Waals surface area contributed by atoms with Crippen LogP contribution in [0.2, 0.25) is 0 Å². The van der Waals surface area contributed by atoms with Gasteiger partial charge in [0, 0.05) is 13.2 Å². The third-order valence-corrected chi connectivity index (χ3v) is 3.75. The third-order valence-electron chi connectivity index (χ3n) is 3.75. The van der Waals surface area contributed by atoms with E-state index in [-0.39, 0.29) is 18.1 Å². The van der Waals surface area contributed by atoms with E-state index in [1.165, 1.54) is 11.0 Å². The van der Waals surface area contributed by atoms with Crippen LogP contribution in [-0.4, -0.2) is 35.6 Å². The molecule has 0 fully saturated rings. The van der Waals surface area contributed by atoms with Gasteiger partial charge in [-0.1, -0.05) is 23.4 Å². The maximum Gasteiger partial charge on any atom is 0.273 e.